The molecule has 3 aromatic carbocycles. The van der Waals surface area contributed by atoms with Gasteiger partial charge >= 0.3 is 0 Å². The summed E-state index contributed by atoms with van der Waals surface area (Å²) in [7, 11) is 3.25. The van der Waals surface area contributed by atoms with Crippen molar-refractivity contribution in [2.24, 2.45) is 0 Å². The van der Waals surface area contributed by atoms with E-state index < -0.39 is 0 Å². The molecule has 0 amide bonds. The lowest BCUT2D eigenvalue weighted by Crippen LogP contribution is -1.92. The first-order valence-corrected chi connectivity index (χ1v) is 10.3. The van der Waals surface area contributed by atoms with E-state index in [-0.39, 0.29) is 10.6 Å². The first kappa shape index (κ1) is 19.1. The third kappa shape index (κ3) is 3.17. The average molecular weight is 431 g/mol. The maximum Gasteiger partial charge on any atom is 0.271 e. The van der Waals surface area contributed by atoms with E-state index in [1.807, 2.05) is 52.9 Å². The average Bonchev–Trinajstić information content (AvgIpc) is 3.35. The minimum atomic E-state index is -0.378. The van der Waals surface area contributed by atoms with Crippen LogP contribution in [0.25, 0.3) is 37.7 Å². The first-order chi connectivity index (χ1) is 15.1. The third-order valence-electron chi connectivity index (χ3n) is 5.17. The fourth-order valence-electron chi connectivity index (χ4n) is 3.64. The van der Waals surface area contributed by atoms with Gasteiger partial charge in [0.05, 0.1) is 40.7 Å². The normalized spacial score (nSPS) is 11.2. The van der Waals surface area contributed by atoms with Gasteiger partial charge in [-0.2, -0.15) is 0 Å². The van der Waals surface area contributed by atoms with Crippen molar-refractivity contribution in [3.63, 3.8) is 0 Å². The topological polar surface area (TPSA) is 78.9 Å². The summed E-state index contributed by atoms with van der Waals surface area (Å²) in [5.41, 5.74) is 4.34. The van der Waals surface area contributed by atoms with E-state index in [9.17, 15) is 10.1 Å². The lowest BCUT2D eigenvalue weighted by atomic mass is 10.0. The standard InChI is InChI=1S/C23H17N3O4S/c1-29-17-8-3-14(4-9-17)21-22(15-5-10-18(30-2)11-6-15)25-19-13-16(26(27)28)7-12-20(19)31-23(25)24-21/h3-13H,1-2H3. The van der Waals surface area contributed by atoms with E-state index >= 15 is 0 Å². The van der Waals surface area contributed by atoms with Crippen molar-refractivity contribution in [2.45, 2.75) is 0 Å². The Morgan fingerprint density at radius 2 is 1.52 bits per heavy atom. The molecule has 0 atom stereocenters. The van der Waals surface area contributed by atoms with Crippen LogP contribution in [-0.2, 0) is 0 Å². The van der Waals surface area contributed by atoms with Gasteiger partial charge in [-0.05, 0) is 54.6 Å². The highest BCUT2D eigenvalue weighted by Gasteiger charge is 2.21. The Morgan fingerprint density at radius 1 is 0.903 bits per heavy atom. The summed E-state index contributed by atoms with van der Waals surface area (Å²) in [4.78, 5) is 16.7. The van der Waals surface area contributed by atoms with Crippen LogP contribution in [0, 0.1) is 10.1 Å². The van der Waals surface area contributed by atoms with E-state index in [4.69, 9.17) is 14.5 Å². The number of ether oxygens (including phenoxy) is 2. The predicted molar refractivity (Wildman–Crippen MR) is 121 cm³/mol. The lowest BCUT2D eigenvalue weighted by Gasteiger charge is -2.08. The van der Waals surface area contributed by atoms with E-state index in [1.54, 1.807) is 26.4 Å². The Labute approximate surface area is 181 Å². The van der Waals surface area contributed by atoms with Crippen molar-refractivity contribution >= 4 is 32.2 Å². The molecule has 8 heteroatoms. The van der Waals surface area contributed by atoms with E-state index in [1.165, 1.54) is 17.4 Å². The zero-order chi connectivity index (χ0) is 21.5. The van der Waals surface area contributed by atoms with Gasteiger partial charge in [-0.1, -0.05) is 11.3 Å². The molecule has 31 heavy (non-hydrogen) atoms. The van der Waals surface area contributed by atoms with Crippen LogP contribution < -0.4 is 9.47 Å². The van der Waals surface area contributed by atoms with Gasteiger partial charge in [-0.3, -0.25) is 14.5 Å². The monoisotopic (exact) mass is 431 g/mol. The molecular weight excluding hydrogens is 414 g/mol. The molecule has 5 rings (SSSR count). The number of imidazole rings is 1. The smallest absolute Gasteiger partial charge is 0.271 e. The second-order valence-electron chi connectivity index (χ2n) is 6.90. The Bertz CT molecular complexity index is 1420. The van der Waals surface area contributed by atoms with Crippen molar-refractivity contribution < 1.29 is 14.4 Å². The summed E-state index contributed by atoms with van der Waals surface area (Å²) in [6.45, 7) is 0. The largest absolute Gasteiger partial charge is 0.497 e. The van der Waals surface area contributed by atoms with Gasteiger partial charge in [-0.15, -0.1) is 0 Å². The number of non-ortho nitro benzene ring substituents is 1. The van der Waals surface area contributed by atoms with E-state index in [0.29, 0.717) is 0 Å². The van der Waals surface area contributed by atoms with Crippen LogP contribution in [0.3, 0.4) is 0 Å². The van der Waals surface area contributed by atoms with Gasteiger partial charge in [-0.25, -0.2) is 4.98 Å². The molecule has 2 aromatic heterocycles. The Balaban J connectivity index is 1.82. The maximum absolute atomic E-state index is 11.4. The third-order valence-corrected chi connectivity index (χ3v) is 6.19. The number of hydrogen-bond donors (Lipinski definition) is 0. The summed E-state index contributed by atoms with van der Waals surface area (Å²) in [6, 6.07) is 20.3. The number of nitro groups is 1. The van der Waals surface area contributed by atoms with Crippen molar-refractivity contribution in [1.29, 1.82) is 0 Å². The highest BCUT2D eigenvalue weighted by Crippen LogP contribution is 2.40. The van der Waals surface area contributed by atoms with E-state index in [0.717, 1.165) is 49.2 Å². The Morgan fingerprint density at radius 3 is 2.10 bits per heavy atom. The zero-order valence-corrected chi connectivity index (χ0v) is 17.6. The van der Waals surface area contributed by atoms with Crippen LogP contribution in [0.15, 0.2) is 66.7 Å². The predicted octanol–water partition coefficient (Wildman–Crippen LogP) is 5.81. The number of hydrogen-bond acceptors (Lipinski definition) is 6. The molecule has 0 aliphatic heterocycles. The zero-order valence-electron chi connectivity index (χ0n) is 16.7. The molecule has 0 spiro atoms. The molecule has 0 saturated heterocycles. The summed E-state index contributed by atoms with van der Waals surface area (Å²) < 4.78 is 13.5. The van der Waals surface area contributed by atoms with Gasteiger partial charge in [0.2, 0.25) is 0 Å². The summed E-state index contributed by atoms with van der Waals surface area (Å²) in [6.07, 6.45) is 0. The molecule has 0 aliphatic rings. The molecule has 0 N–H and O–H groups in total. The van der Waals surface area contributed by atoms with Crippen LogP contribution in [0.2, 0.25) is 0 Å². The molecule has 2 heterocycles. The highest BCUT2D eigenvalue weighted by atomic mass is 32.1. The van der Waals surface area contributed by atoms with Crippen LogP contribution in [0.4, 0.5) is 5.69 Å². The Kier molecular flexibility index (Phi) is 4.56. The van der Waals surface area contributed by atoms with E-state index in [2.05, 4.69) is 0 Å². The van der Waals surface area contributed by atoms with Crippen LogP contribution >= 0.6 is 11.3 Å². The number of nitrogens with zero attached hydrogens (tertiary/aromatic N) is 3. The number of nitro benzene ring substituents is 1. The van der Waals surface area contributed by atoms with Gasteiger partial charge in [0.15, 0.2) is 4.96 Å². The van der Waals surface area contributed by atoms with Crippen LogP contribution in [0.1, 0.15) is 0 Å². The van der Waals surface area contributed by atoms with Gasteiger partial charge in [0.1, 0.15) is 11.5 Å². The van der Waals surface area contributed by atoms with Gasteiger partial charge < -0.3 is 9.47 Å². The SMILES string of the molecule is COc1ccc(-c2nc3sc4ccc([N+](=O)[O-])cc4n3c2-c2ccc(OC)cc2)cc1. The van der Waals surface area contributed by atoms with Crippen LogP contribution in [-0.4, -0.2) is 28.5 Å². The molecular formula is C23H17N3O4S. The highest BCUT2D eigenvalue weighted by molar-refractivity contribution is 7.23. The van der Waals surface area contributed by atoms with Gasteiger partial charge in [0.25, 0.3) is 5.69 Å². The fraction of sp³-hybridized carbons (Fsp3) is 0.0870. The van der Waals surface area contributed by atoms with Gasteiger partial charge in [0, 0.05) is 23.3 Å². The molecule has 154 valence electrons. The number of methoxy groups -OCH3 is 2. The van der Waals surface area contributed by atoms with Crippen molar-refractivity contribution in [3.8, 4) is 34.0 Å². The quantitative estimate of drug-likeness (QED) is 0.259. The number of thiazole rings is 1. The fourth-order valence-corrected chi connectivity index (χ4v) is 4.64. The number of rotatable bonds is 5. The summed E-state index contributed by atoms with van der Waals surface area (Å²) in [5, 5.41) is 11.4. The number of benzene rings is 3. The molecule has 0 unspecified atom stereocenters. The minimum Gasteiger partial charge on any atom is -0.497 e. The molecule has 0 fully saturated rings. The summed E-state index contributed by atoms with van der Waals surface area (Å²) >= 11 is 1.50. The second-order valence-corrected chi connectivity index (χ2v) is 7.90. The molecule has 7 nitrogen and oxygen atoms in total. The maximum atomic E-state index is 11.4. The lowest BCUT2D eigenvalue weighted by molar-refractivity contribution is -0.384. The molecule has 0 bridgehead atoms. The Hall–Kier alpha value is -3.91. The second kappa shape index (κ2) is 7.41. The number of aromatic nitrogens is 2. The molecule has 5 aromatic rings. The first-order valence-electron chi connectivity index (χ1n) is 9.47. The molecule has 0 aliphatic carbocycles. The van der Waals surface area contributed by atoms with Crippen molar-refractivity contribution in [3.05, 3.63) is 76.8 Å². The van der Waals surface area contributed by atoms with Crippen molar-refractivity contribution in [2.75, 3.05) is 14.2 Å². The minimum absolute atomic E-state index is 0.0487. The molecule has 0 radical (unpaired) electrons. The number of fused-ring (bicyclic) bond motifs is 3. The summed E-state index contributed by atoms with van der Waals surface area (Å²) in [5.74, 6) is 1.51. The van der Waals surface area contributed by atoms with Crippen molar-refractivity contribution in [1.82, 2.24) is 9.38 Å². The van der Waals surface area contributed by atoms with Crippen LogP contribution in [0.5, 0.6) is 11.5 Å². The molecule has 0 saturated carbocycles.